The van der Waals surface area contributed by atoms with Gasteiger partial charge in [-0.1, -0.05) is 12.1 Å². The second kappa shape index (κ2) is 9.21. The summed E-state index contributed by atoms with van der Waals surface area (Å²) in [4.78, 5) is 49.5. The molecule has 0 aromatic heterocycles. The number of barbiturate groups is 1. The van der Waals surface area contributed by atoms with Gasteiger partial charge in [0.25, 0.3) is 11.8 Å². The van der Waals surface area contributed by atoms with Crippen molar-refractivity contribution in [3.8, 4) is 17.2 Å². The number of aliphatic carboxylic acids is 1. The maximum absolute atomic E-state index is 13.1. The molecule has 4 amide bonds. The molecule has 1 atom stereocenters. The van der Waals surface area contributed by atoms with Gasteiger partial charge in [-0.05, 0) is 42.8 Å². The number of amides is 4. The number of nitrogens with zero attached hydrogens (tertiary/aromatic N) is 1. The summed E-state index contributed by atoms with van der Waals surface area (Å²) in [6, 6.07) is 9.73. The zero-order valence-corrected chi connectivity index (χ0v) is 17.4. The Morgan fingerprint density at radius 2 is 1.69 bits per heavy atom. The Morgan fingerprint density at radius 1 is 1.03 bits per heavy atom. The molecule has 0 unspecified atom stereocenters. The molecule has 1 saturated heterocycles. The molecule has 0 radical (unpaired) electrons. The molecular weight excluding hydrogens is 420 g/mol. The Labute approximate surface area is 183 Å². The van der Waals surface area contributed by atoms with E-state index in [-0.39, 0.29) is 17.0 Å². The highest BCUT2D eigenvalue weighted by Gasteiger charge is 2.38. The normalized spacial score (nSPS) is 15.9. The van der Waals surface area contributed by atoms with Gasteiger partial charge in [-0.15, -0.1) is 0 Å². The summed E-state index contributed by atoms with van der Waals surface area (Å²) in [5.41, 5.74) is 0.338. The first-order valence-electron chi connectivity index (χ1n) is 9.38. The number of carboxylic acids is 1. The summed E-state index contributed by atoms with van der Waals surface area (Å²) in [5, 5.41) is 11.1. The van der Waals surface area contributed by atoms with Crippen LogP contribution in [0.25, 0.3) is 6.08 Å². The molecule has 3 rings (SSSR count). The fourth-order valence-electron chi connectivity index (χ4n) is 2.91. The Balaban J connectivity index is 1.92. The quantitative estimate of drug-likeness (QED) is 0.495. The maximum atomic E-state index is 13.1. The van der Waals surface area contributed by atoms with Gasteiger partial charge in [0.1, 0.15) is 22.8 Å². The molecule has 10 nitrogen and oxygen atoms in total. The zero-order chi connectivity index (χ0) is 23.4. The number of imide groups is 2. The van der Waals surface area contributed by atoms with E-state index < -0.39 is 29.9 Å². The number of hydrogen-bond donors (Lipinski definition) is 2. The van der Waals surface area contributed by atoms with Crippen molar-refractivity contribution < 1.29 is 38.5 Å². The number of carbonyl (C=O) groups excluding carboxylic acids is 3. The summed E-state index contributed by atoms with van der Waals surface area (Å²) >= 11 is 0. The van der Waals surface area contributed by atoms with Crippen LogP contribution in [0.2, 0.25) is 0 Å². The Morgan fingerprint density at radius 3 is 2.28 bits per heavy atom. The van der Waals surface area contributed by atoms with Crippen molar-refractivity contribution in [1.82, 2.24) is 5.32 Å². The third-order valence-corrected chi connectivity index (χ3v) is 4.58. The number of anilines is 1. The van der Waals surface area contributed by atoms with Crippen LogP contribution in [0.1, 0.15) is 12.5 Å². The lowest BCUT2D eigenvalue weighted by Crippen LogP contribution is -2.54. The van der Waals surface area contributed by atoms with Crippen molar-refractivity contribution in [1.29, 1.82) is 0 Å². The van der Waals surface area contributed by atoms with Gasteiger partial charge >= 0.3 is 12.0 Å². The minimum absolute atomic E-state index is 0.139. The van der Waals surface area contributed by atoms with Gasteiger partial charge in [0.2, 0.25) is 0 Å². The van der Waals surface area contributed by atoms with Crippen molar-refractivity contribution in [2.24, 2.45) is 0 Å². The Bertz CT molecular complexity index is 1110. The first-order chi connectivity index (χ1) is 15.2. The SMILES string of the molecule is COc1ccc(N2C(=O)NC(=O)/C(=C/c3ccc(O[C@@H](C)C(=O)O)cc3)C2=O)c(OC)c1. The van der Waals surface area contributed by atoms with Crippen LogP contribution in [0.15, 0.2) is 48.0 Å². The van der Waals surface area contributed by atoms with Crippen LogP contribution in [0.3, 0.4) is 0 Å². The van der Waals surface area contributed by atoms with Gasteiger partial charge in [-0.2, -0.15) is 0 Å². The van der Waals surface area contributed by atoms with Crippen LogP contribution in [0, 0.1) is 0 Å². The summed E-state index contributed by atoms with van der Waals surface area (Å²) in [6.07, 6.45) is 0.279. The van der Waals surface area contributed by atoms with E-state index in [0.717, 1.165) is 4.90 Å². The molecule has 32 heavy (non-hydrogen) atoms. The minimum atomic E-state index is -1.11. The van der Waals surface area contributed by atoms with Gasteiger partial charge in [0.15, 0.2) is 6.10 Å². The summed E-state index contributed by atoms with van der Waals surface area (Å²) in [5.74, 6) is -1.82. The molecule has 2 N–H and O–H groups in total. The number of rotatable bonds is 7. The predicted octanol–water partition coefficient (Wildman–Crippen LogP) is 2.22. The molecule has 1 fully saturated rings. The van der Waals surface area contributed by atoms with Crippen molar-refractivity contribution in [3.63, 3.8) is 0 Å². The summed E-state index contributed by atoms with van der Waals surface area (Å²) in [6.45, 7) is 1.39. The van der Waals surface area contributed by atoms with E-state index in [9.17, 15) is 19.2 Å². The van der Waals surface area contributed by atoms with E-state index in [1.165, 1.54) is 51.5 Å². The number of urea groups is 1. The van der Waals surface area contributed by atoms with E-state index in [4.69, 9.17) is 19.3 Å². The molecule has 0 spiro atoms. The summed E-state index contributed by atoms with van der Waals surface area (Å²) < 4.78 is 15.6. The topological polar surface area (TPSA) is 131 Å². The number of carboxylic acid groups (broad SMARTS) is 1. The lowest BCUT2D eigenvalue weighted by atomic mass is 10.1. The average Bonchev–Trinajstić information content (AvgIpc) is 2.77. The van der Waals surface area contributed by atoms with Crippen molar-refractivity contribution in [2.75, 3.05) is 19.1 Å². The number of nitrogens with one attached hydrogen (secondary N) is 1. The third-order valence-electron chi connectivity index (χ3n) is 4.58. The maximum Gasteiger partial charge on any atom is 0.344 e. The molecule has 1 aliphatic heterocycles. The highest BCUT2D eigenvalue weighted by molar-refractivity contribution is 6.39. The van der Waals surface area contributed by atoms with Crippen LogP contribution in [0.5, 0.6) is 17.2 Å². The largest absolute Gasteiger partial charge is 0.497 e. The first-order valence-corrected chi connectivity index (χ1v) is 9.38. The van der Waals surface area contributed by atoms with Gasteiger partial charge in [0.05, 0.1) is 19.9 Å². The molecule has 166 valence electrons. The van der Waals surface area contributed by atoms with Crippen LogP contribution in [0.4, 0.5) is 10.5 Å². The van der Waals surface area contributed by atoms with Crippen LogP contribution in [-0.2, 0) is 14.4 Å². The van der Waals surface area contributed by atoms with E-state index in [1.807, 2.05) is 0 Å². The van der Waals surface area contributed by atoms with Gasteiger partial charge in [-0.3, -0.25) is 14.9 Å². The number of ether oxygens (including phenoxy) is 3. The number of benzene rings is 2. The van der Waals surface area contributed by atoms with Crippen LogP contribution >= 0.6 is 0 Å². The van der Waals surface area contributed by atoms with Gasteiger partial charge in [-0.25, -0.2) is 14.5 Å². The highest BCUT2D eigenvalue weighted by atomic mass is 16.5. The molecule has 2 aromatic rings. The molecule has 0 aliphatic carbocycles. The number of carbonyl (C=O) groups is 4. The van der Waals surface area contributed by atoms with Crippen LogP contribution < -0.4 is 24.4 Å². The average molecular weight is 440 g/mol. The van der Waals surface area contributed by atoms with Crippen molar-refractivity contribution in [2.45, 2.75) is 13.0 Å². The van der Waals surface area contributed by atoms with E-state index in [1.54, 1.807) is 18.2 Å². The summed E-state index contributed by atoms with van der Waals surface area (Å²) in [7, 11) is 2.84. The number of methoxy groups -OCH3 is 2. The minimum Gasteiger partial charge on any atom is -0.497 e. The van der Waals surface area contributed by atoms with E-state index >= 15 is 0 Å². The van der Waals surface area contributed by atoms with Crippen molar-refractivity contribution in [3.05, 3.63) is 53.6 Å². The molecule has 2 aromatic carbocycles. The predicted molar refractivity (Wildman–Crippen MR) is 113 cm³/mol. The molecule has 0 bridgehead atoms. The molecule has 1 aliphatic rings. The Kier molecular flexibility index (Phi) is 6.43. The standard InChI is InChI=1S/C22H20N2O8/c1-12(21(27)28)32-14-6-4-13(5-7-14)10-16-19(25)23-22(29)24(20(16)26)17-9-8-15(30-2)11-18(17)31-3/h4-12H,1-3H3,(H,27,28)(H,23,25,29)/b16-10-/t12-/m0/s1. The highest BCUT2D eigenvalue weighted by Crippen LogP contribution is 2.34. The second-order valence-corrected chi connectivity index (χ2v) is 6.66. The van der Waals surface area contributed by atoms with Gasteiger partial charge < -0.3 is 19.3 Å². The Hall–Kier alpha value is -4.34. The fraction of sp³-hybridized carbons (Fsp3) is 0.182. The van der Waals surface area contributed by atoms with E-state index in [0.29, 0.717) is 17.1 Å². The molecule has 10 heteroatoms. The molecule has 1 heterocycles. The molecule has 0 saturated carbocycles. The smallest absolute Gasteiger partial charge is 0.344 e. The first kappa shape index (κ1) is 22.3. The lowest BCUT2D eigenvalue weighted by molar-refractivity contribution is -0.144. The lowest BCUT2D eigenvalue weighted by Gasteiger charge is -2.27. The molecular formula is C22H20N2O8. The van der Waals surface area contributed by atoms with Gasteiger partial charge in [0, 0.05) is 6.07 Å². The van der Waals surface area contributed by atoms with Crippen LogP contribution in [-0.4, -0.2) is 49.2 Å². The zero-order valence-electron chi connectivity index (χ0n) is 17.4. The second-order valence-electron chi connectivity index (χ2n) is 6.66. The van der Waals surface area contributed by atoms with E-state index in [2.05, 4.69) is 5.32 Å². The third kappa shape index (κ3) is 4.53. The fourth-order valence-corrected chi connectivity index (χ4v) is 2.91. The van der Waals surface area contributed by atoms with Crippen molar-refractivity contribution >= 4 is 35.6 Å². The monoisotopic (exact) mass is 440 g/mol. The number of hydrogen-bond acceptors (Lipinski definition) is 7.